The molecule has 0 saturated heterocycles. The second-order valence-electron chi connectivity index (χ2n) is 6.89. The monoisotopic (exact) mass is 435 g/mol. The standard InChI is InChI=1S/C18H21N5O6S/c24-9-22(10-25)6-5-19-13-2-3-14-17-16(13)18(26)12-7-11(21-30(27,28)29)1-4-15(12)23(17)8-20-14/h1-4,7,19-21,24-25H,5-6,8-10H2,(H,27,28,29). The van der Waals surface area contributed by atoms with Crippen LogP contribution in [0.5, 0.6) is 0 Å². The Morgan fingerprint density at radius 3 is 2.63 bits per heavy atom. The SMILES string of the molecule is O=c1c2cc(NS(=O)(=O)O)ccc2n2c3c(ccc(NCCN(CO)CO)c13)NC2. The van der Waals surface area contributed by atoms with E-state index in [1.54, 1.807) is 12.1 Å². The number of nitrogens with one attached hydrogen (secondary N) is 3. The van der Waals surface area contributed by atoms with Gasteiger partial charge in [-0.15, -0.1) is 0 Å². The summed E-state index contributed by atoms with van der Waals surface area (Å²) in [4.78, 5) is 14.8. The number of hydrogen-bond acceptors (Lipinski definition) is 8. The summed E-state index contributed by atoms with van der Waals surface area (Å²) in [5.74, 6) is 0. The maximum atomic E-state index is 13.4. The van der Waals surface area contributed by atoms with Crippen LogP contribution in [0.25, 0.3) is 21.8 Å². The average molecular weight is 435 g/mol. The first kappa shape index (κ1) is 20.4. The van der Waals surface area contributed by atoms with Crippen LogP contribution >= 0.6 is 0 Å². The van der Waals surface area contributed by atoms with Crippen LogP contribution in [0.4, 0.5) is 17.1 Å². The smallest absolute Gasteiger partial charge is 0.357 e. The van der Waals surface area contributed by atoms with E-state index in [0.717, 1.165) is 11.2 Å². The largest absolute Gasteiger partial charge is 0.383 e. The molecule has 1 aromatic heterocycles. The molecule has 12 heteroatoms. The van der Waals surface area contributed by atoms with Gasteiger partial charge in [0.2, 0.25) is 0 Å². The molecule has 4 rings (SSSR count). The lowest BCUT2D eigenvalue weighted by Gasteiger charge is -2.18. The number of fused-ring (bicyclic) bond motifs is 2. The molecule has 160 valence electrons. The van der Waals surface area contributed by atoms with Crippen molar-refractivity contribution in [2.24, 2.45) is 0 Å². The first-order chi connectivity index (χ1) is 14.3. The highest BCUT2D eigenvalue weighted by Crippen LogP contribution is 2.35. The highest BCUT2D eigenvalue weighted by atomic mass is 32.2. The van der Waals surface area contributed by atoms with Gasteiger partial charge in [-0.25, -0.2) is 0 Å². The molecular weight excluding hydrogens is 414 g/mol. The molecule has 1 aliphatic heterocycles. The van der Waals surface area contributed by atoms with Crippen LogP contribution in [0.15, 0.2) is 35.1 Å². The van der Waals surface area contributed by atoms with Crippen LogP contribution in [0.2, 0.25) is 0 Å². The number of benzene rings is 2. The second-order valence-corrected chi connectivity index (χ2v) is 8.04. The molecule has 3 aromatic rings. The van der Waals surface area contributed by atoms with Gasteiger partial charge < -0.3 is 25.4 Å². The molecule has 2 aromatic carbocycles. The molecule has 0 spiro atoms. The summed E-state index contributed by atoms with van der Waals surface area (Å²) in [5, 5.41) is 25.5. The molecular formula is C18H21N5O6S. The third-order valence-corrected chi connectivity index (χ3v) is 5.52. The van der Waals surface area contributed by atoms with Gasteiger partial charge in [-0.2, -0.15) is 8.42 Å². The topological polar surface area (TPSA) is 156 Å². The fourth-order valence-corrected chi connectivity index (χ4v) is 4.10. The molecule has 0 saturated carbocycles. The molecule has 0 radical (unpaired) electrons. The molecule has 11 nitrogen and oxygen atoms in total. The molecule has 0 atom stereocenters. The van der Waals surface area contributed by atoms with Crippen LogP contribution in [0.3, 0.4) is 0 Å². The summed E-state index contributed by atoms with van der Waals surface area (Å²) in [5.41, 5.74) is 2.54. The molecule has 0 bridgehead atoms. The molecule has 6 N–H and O–H groups in total. The van der Waals surface area contributed by atoms with Crippen LogP contribution in [-0.4, -0.2) is 59.2 Å². The van der Waals surface area contributed by atoms with Gasteiger partial charge in [0.1, 0.15) is 0 Å². The predicted octanol–water partition coefficient (Wildman–Crippen LogP) is 0.366. The van der Waals surface area contributed by atoms with E-state index in [4.69, 9.17) is 14.8 Å². The van der Waals surface area contributed by atoms with E-state index in [1.165, 1.54) is 17.0 Å². The van der Waals surface area contributed by atoms with Crippen molar-refractivity contribution >= 4 is 49.2 Å². The Balaban J connectivity index is 1.84. The fraction of sp³-hybridized carbons (Fsp3) is 0.278. The Morgan fingerprint density at radius 2 is 1.93 bits per heavy atom. The molecule has 0 unspecified atom stereocenters. The third kappa shape index (κ3) is 3.66. The van der Waals surface area contributed by atoms with Gasteiger partial charge in [0.05, 0.1) is 47.9 Å². The maximum Gasteiger partial charge on any atom is 0.357 e. The van der Waals surface area contributed by atoms with E-state index < -0.39 is 10.3 Å². The molecule has 1 aliphatic rings. The summed E-state index contributed by atoms with van der Waals surface area (Å²) < 4.78 is 35.2. The number of nitrogens with zero attached hydrogens (tertiary/aromatic N) is 2. The van der Waals surface area contributed by atoms with Crippen LogP contribution in [0.1, 0.15) is 0 Å². The summed E-state index contributed by atoms with van der Waals surface area (Å²) in [6, 6.07) is 8.13. The average Bonchev–Trinajstić information content (AvgIpc) is 3.13. The van der Waals surface area contributed by atoms with Crippen LogP contribution in [-0.2, 0) is 17.0 Å². The number of hydrogen-bond donors (Lipinski definition) is 6. The van der Waals surface area contributed by atoms with Crippen molar-refractivity contribution in [2.45, 2.75) is 6.67 Å². The number of aliphatic hydroxyl groups is 2. The minimum Gasteiger partial charge on any atom is -0.383 e. The van der Waals surface area contributed by atoms with E-state index >= 15 is 0 Å². The van der Waals surface area contributed by atoms with Gasteiger partial charge >= 0.3 is 10.3 Å². The van der Waals surface area contributed by atoms with E-state index in [-0.39, 0.29) is 24.6 Å². The molecule has 0 aliphatic carbocycles. The summed E-state index contributed by atoms with van der Waals surface area (Å²) in [6.45, 7) is 0.606. The highest BCUT2D eigenvalue weighted by Gasteiger charge is 2.21. The first-order valence-electron chi connectivity index (χ1n) is 9.12. The fourth-order valence-electron chi connectivity index (χ4n) is 3.68. The van der Waals surface area contributed by atoms with Crippen molar-refractivity contribution in [3.63, 3.8) is 0 Å². The van der Waals surface area contributed by atoms with Crippen molar-refractivity contribution < 1.29 is 23.2 Å². The van der Waals surface area contributed by atoms with Gasteiger partial charge in [-0.1, -0.05) is 0 Å². The lowest BCUT2D eigenvalue weighted by molar-refractivity contribution is 0.0329. The lowest BCUT2D eigenvalue weighted by atomic mass is 10.1. The molecule has 30 heavy (non-hydrogen) atoms. The van der Waals surface area contributed by atoms with Gasteiger partial charge in [-0.05, 0) is 30.3 Å². The van der Waals surface area contributed by atoms with Crippen molar-refractivity contribution in [3.05, 3.63) is 40.6 Å². The van der Waals surface area contributed by atoms with Crippen molar-refractivity contribution in [1.82, 2.24) is 9.47 Å². The van der Waals surface area contributed by atoms with Crippen molar-refractivity contribution in [2.75, 3.05) is 41.9 Å². The zero-order chi connectivity index (χ0) is 21.5. The highest BCUT2D eigenvalue weighted by molar-refractivity contribution is 7.87. The predicted molar refractivity (Wildman–Crippen MR) is 114 cm³/mol. The van der Waals surface area contributed by atoms with Crippen molar-refractivity contribution in [3.8, 4) is 0 Å². The molecule has 0 fully saturated rings. The Labute approximate surface area is 171 Å². The minimum atomic E-state index is -4.47. The zero-order valence-electron chi connectivity index (χ0n) is 15.8. The Kier molecular flexibility index (Phi) is 5.26. The van der Waals surface area contributed by atoms with Gasteiger partial charge in [-0.3, -0.25) is 19.0 Å². The Bertz CT molecular complexity index is 1290. The maximum absolute atomic E-state index is 13.4. The quantitative estimate of drug-likeness (QED) is 0.167. The number of anilines is 3. The number of rotatable bonds is 8. The Morgan fingerprint density at radius 1 is 1.17 bits per heavy atom. The Hall–Kier alpha value is -2.90. The number of aromatic nitrogens is 1. The summed E-state index contributed by atoms with van der Waals surface area (Å²) in [7, 11) is -4.47. The van der Waals surface area contributed by atoms with E-state index in [1.807, 2.05) is 15.4 Å². The summed E-state index contributed by atoms with van der Waals surface area (Å²) in [6.07, 6.45) is 0. The van der Waals surface area contributed by atoms with E-state index in [0.29, 0.717) is 41.7 Å². The summed E-state index contributed by atoms with van der Waals surface area (Å²) >= 11 is 0. The van der Waals surface area contributed by atoms with Gasteiger partial charge in [0.25, 0.3) is 0 Å². The minimum absolute atomic E-state index is 0.0763. The number of aliphatic hydroxyl groups excluding tert-OH is 2. The zero-order valence-corrected chi connectivity index (χ0v) is 16.6. The molecule has 0 amide bonds. The lowest BCUT2D eigenvalue weighted by Crippen LogP contribution is -2.31. The van der Waals surface area contributed by atoms with Gasteiger partial charge in [0.15, 0.2) is 5.43 Å². The van der Waals surface area contributed by atoms with Crippen LogP contribution in [0, 0.1) is 0 Å². The third-order valence-electron chi connectivity index (χ3n) is 5.02. The molecule has 2 heterocycles. The number of pyridine rings is 1. The first-order valence-corrected chi connectivity index (χ1v) is 10.6. The van der Waals surface area contributed by atoms with E-state index in [9.17, 15) is 13.2 Å². The normalized spacial score (nSPS) is 13.2. The van der Waals surface area contributed by atoms with Gasteiger partial charge in [0, 0.05) is 24.2 Å². The second kappa shape index (κ2) is 7.74. The van der Waals surface area contributed by atoms with Crippen molar-refractivity contribution in [1.29, 1.82) is 0 Å². The van der Waals surface area contributed by atoms with Crippen LogP contribution < -0.4 is 20.8 Å². The van der Waals surface area contributed by atoms with E-state index in [2.05, 4.69) is 10.6 Å².